The predicted octanol–water partition coefficient (Wildman–Crippen LogP) is 4.93. The fourth-order valence-electron chi connectivity index (χ4n) is 2.89. The molecule has 0 aliphatic heterocycles. The molecule has 0 unspecified atom stereocenters. The normalized spacial score (nSPS) is 10.2. The zero-order valence-corrected chi connectivity index (χ0v) is 17.3. The van der Waals surface area contributed by atoms with Crippen molar-refractivity contribution in [3.8, 4) is 23.0 Å². The highest BCUT2D eigenvalue weighted by Gasteiger charge is 2.18. The summed E-state index contributed by atoms with van der Waals surface area (Å²) in [6, 6.07) is 20.2. The van der Waals surface area contributed by atoms with Gasteiger partial charge in [0.1, 0.15) is 12.4 Å². The minimum Gasteiger partial charge on any atom is -0.494 e. The number of carbonyl (C=O) groups is 1. The number of rotatable bonds is 9. The lowest BCUT2D eigenvalue weighted by atomic mass is 10.1. The van der Waals surface area contributed by atoms with E-state index in [4.69, 9.17) is 18.9 Å². The van der Waals surface area contributed by atoms with E-state index in [-0.39, 0.29) is 5.91 Å². The Morgan fingerprint density at radius 3 is 2.07 bits per heavy atom. The molecule has 6 heteroatoms. The summed E-state index contributed by atoms with van der Waals surface area (Å²) < 4.78 is 22.3. The van der Waals surface area contributed by atoms with E-state index >= 15 is 0 Å². The number of benzene rings is 3. The Morgan fingerprint density at radius 1 is 0.867 bits per heavy atom. The number of nitrogens with one attached hydrogen (secondary N) is 1. The maximum atomic E-state index is 12.8. The Hall–Kier alpha value is -3.67. The van der Waals surface area contributed by atoms with Gasteiger partial charge in [-0.2, -0.15) is 0 Å². The van der Waals surface area contributed by atoms with Crippen LogP contribution in [0.3, 0.4) is 0 Å². The Morgan fingerprint density at radius 2 is 1.50 bits per heavy atom. The van der Waals surface area contributed by atoms with E-state index in [0.29, 0.717) is 41.7 Å². The topological polar surface area (TPSA) is 66.0 Å². The van der Waals surface area contributed by atoms with E-state index in [1.165, 1.54) is 14.2 Å². The van der Waals surface area contributed by atoms with Crippen LogP contribution >= 0.6 is 0 Å². The molecule has 30 heavy (non-hydrogen) atoms. The predicted molar refractivity (Wildman–Crippen MR) is 116 cm³/mol. The quantitative estimate of drug-likeness (QED) is 0.545. The minimum atomic E-state index is -0.287. The third-order valence-corrected chi connectivity index (χ3v) is 4.37. The molecule has 0 saturated carbocycles. The highest BCUT2D eigenvalue weighted by Crippen LogP contribution is 2.39. The molecule has 0 heterocycles. The first-order valence-corrected chi connectivity index (χ1v) is 9.61. The average Bonchev–Trinajstić information content (AvgIpc) is 2.79. The van der Waals surface area contributed by atoms with Crippen molar-refractivity contribution in [3.05, 3.63) is 77.9 Å². The second-order valence-corrected chi connectivity index (χ2v) is 6.40. The van der Waals surface area contributed by atoms with Crippen molar-refractivity contribution >= 4 is 11.6 Å². The molecule has 0 aliphatic rings. The molecule has 6 nitrogen and oxygen atoms in total. The molecule has 0 atom stereocenters. The van der Waals surface area contributed by atoms with Gasteiger partial charge in [-0.3, -0.25) is 4.79 Å². The maximum absolute atomic E-state index is 12.8. The van der Waals surface area contributed by atoms with Crippen molar-refractivity contribution in [1.82, 2.24) is 0 Å². The summed E-state index contributed by atoms with van der Waals surface area (Å²) in [5.74, 6) is 1.75. The highest BCUT2D eigenvalue weighted by molar-refractivity contribution is 6.05. The van der Waals surface area contributed by atoms with Crippen molar-refractivity contribution in [2.45, 2.75) is 13.5 Å². The number of ether oxygens (including phenoxy) is 4. The van der Waals surface area contributed by atoms with Gasteiger partial charge in [0.05, 0.1) is 20.8 Å². The van der Waals surface area contributed by atoms with Crippen LogP contribution in [-0.4, -0.2) is 26.7 Å². The maximum Gasteiger partial charge on any atom is 0.255 e. The van der Waals surface area contributed by atoms with E-state index in [2.05, 4.69) is 5.32 Å². The van der Waals surface area contributed by atoms with Crippen LogP contribution in [0, 0.1) is 0 Å². The van der Waals surface area contributed by atoms with E-state index in [9.17, 15) is 4.79 Å². The standard InChI is InChI=1S/C24H25NO5/c1-4-29-20-12-10-19(11-13-20)25-24(26)18-14-21(27-2)23(22(15-18)28-3)30-16-17-8-6-5-7-9-17/h5-15H,4,16H2,1-3H3,(H,25,26). The van der Waals surface area contributed by atoms with E-state index in [0.717, 1.165) is 11.3 Å². The van der Waals surface area contributed by atoms with Crippen molar-refractivity contribution in [2.75, 3.05) is 26.1 Å². The van der Waals surface area contributed by atoms with Crippen LogP contribution in [0.5, 0.6) is 23.0 Å². The van der Waals surface area contributed by atoms with Crippen LogP contribution in [0.15, 0.2) is 66.7 Å². The number of hydrogen-bond donors (Lipinski definition) is 1. The largest absolute Gasteiger partial charge is 0.494 e. The third kappa shape index (κ3) is 5.23. The van der Waals surface area contributed by atoms with E-state index < -0.39 is 0 Å². The molecular weight excluding hydrogens is 382 g/mol. The fourth-order valence-corrected chi connectivity index (χ4v) is 2.89. The number of amides is 1. The van der Waals surface area contributed by atoms with Gasteiger partial charge in [-0.1, -0.05) is 30.3 Å². The molecule has 0 aromatic heterocycles. The van der Waals surface area contributed by atoms with Gasteiger partial charge in [-0.15, -0.1) is 0 Å². The van der Waals surface area contributed by atoms with Crippen molar-refractivity contribution in [2.24, 2.45) is 0 Å². The number of methoxy groups -OCH3 is 2. The Balaban J connectivity index is 1.78. The van der Waals surface area contributed by atoms with E-state index in [1.807, 2.05) is 37.3 Å². The lowest BCUT2D eigenvalue weighted by molar-refractivity contribution is 0.102. The first-order valence-electron chi connectivity index (χ1n) is 9.61. The summed E-state index contributed by atoms with van der Waals surface area (Å²) in [5, 5.41) is 2.86. The first kappa shape index (κ1) is 21.0. The lowest BCUT2D eigenvalue weighted by Gasteiger charge is -2.16. The van der Waals surface area contributed by atoms with Gasteiger partial charge in [0.15, 0.2) is 11.5 Å². The molecule has 0 saturated heterocycles. The second kappa shape index (κ2) is 10.2. The van der Waals surface area contributed by atoms with Crippen LogP contribution in [0.4, 0.5) is 5.69 Å². The fraction of sp³-hybridized carbons (Fsp3) is 0.208. The lowest BCUT2D eigenvalue weighted by Crippen LogP contribution is -2.12. The van der Waals surface area contributed by atoms with Crippen LogP contribution in [-0.2, 0) is 6.61 Å². The monoisotopic (exact) mass is 407 g/mol. The van der Waals surface area contributed by atoms with Gasteiger partial charge in [-0.05, 0) is 48.9 Å². The van der Waals surface area contributed by atoms with Gasteiger partial charge in [0.2, 0.25) is 5.75 Å². The van der Waals surface area contributed by atoms with Crippen molar-refractivity contribution in [1.29, 1.82) is 0 Å². The molecule has 3 aromatic carbocycles. The molecule has 0 bridgehead atoms. The molecule has 156 valence electrons. The Labute approximate surface area is 176 Å². The number of anilines is 1. The van der Waals surface area contributed by atoms with Gasteiger partial charge in [-0.25, -0.2) is 0 Å². The highest BCUT2D eigenvalue weighted by atomic mass is 16.5. The van der Waals surface area contributed by atoms with Crippen LogP contribution in [0.1, 0.15) is 22.8 Å². The van der Waals surface area contributed by atoms with E-state index in [1.54, 1.807) is 36.4 Å². The summed E-state index contributed by atoms with van der Waals surface area (Å²) >= 11 is 0. The summed E-state index contributed by atoms with van der Waals surface area (Å²) in [5.41, 5.74) is 2.06. The molecule has 0 aliphatic carbocycles. The molecule has 1 amide bonds. The van der Waals surface area contributed by atoms with Gasteiger partial charge in [0, 0.05) is 11.3 Å². The molecule has 0 radical (unpaired) electrons. The summed E-state index contributed by atoms with van der Waals surface area (Å²) in [6.45, 7) is 2.86. The van der Waals surface area contributed by atoms with Gasteiger partial charge < -0.3 is 24.3 Å². The second-order valence-electron chi connectivity index (χ2n) is 6.40. The van der Waals surface area contributed by atoms with Crippen LogP contribution in [0.25, 0.3) is 0 Å². The van der Waals surface area contributed by atoms with Crippen LogP contribution < -0.4 is 24.3 Å². The van der Waals surface area contributed by atoms with Crippen LogP contribution in [0.2, 0.25) is 0 Å². The summed E-state index contributed by atoms with van der Waals surface area (Å²) in [4.78, 5) is 12.8. The molecule has 0 spiro atoms. The molecule has 3 aromatic rings. The number of hydrogen-bond acceptors (Lipinski definition) is 5. The minimum absolute atomic E-state index is 0.287. The molecule has 3 rings (SSSR count). The SMILES string of the molecule is CCOc1ccc(NC(=O)c2cc(OC)c(OCc3ccccc3)c(OC)c2)cc1. The Bertz CT molecular complexity index is 946. The zero-order valence-electron chi connectivity index (χ0n) is 17.3. The van der Waals surface area contributed by atoms with Gasteiger partial charge in [0.25, 0.3) is 5.91 Å². The molecular formula is C24H25NO5. The molecule has 0 fully saturated rings. The van der Waals surface area contributed by atoms with Crippen molar-refractivity contribution < 1.29 is 23.7 Å². The van der Waals surface area contributed by atoms with Crippen molar-refractivity contribution in [3.63, 3.8) is 0 Å². The first-order chi connectivity index (χ1) is 14.6. The third-order valence-electron chi connectivity index (χ3n) is 4.37. The average molecular weight is 407 g/mol. The summed E-state index contributed by atoms with van der Waals surface area (Å²) in [6.07, 6.45) is 0. The summed E-state index contributed by atoms with van der Waals surface area (Å²) in [7, 11) is 3.05. The molecule has 1 N–H and O–H groups in total. The van der Waals surface area contributed by atoms with Gasteiger partial charge >= 0.3 is 0 Å². The number of carbonyl (C=O) groups excluding carboxylic acids is 1. The zero-order chi connectivity index (χ0) is 21.3. The Kier molecular flexibility index (Phi) is 7.16. The smallest absolute Gasteiger partial charge is 0.255 e.